The summed E-state index contributed by atoms with van der Waals surface area (Å²) in [5.41, 5.74) is 3.39. The highest BCUT2D eigenvalue weighted by Gasteiger charge is 2.21. The van der Waals surface area contributed by atoms with E-state index in [0.29, 0.717) is 12.3 Å². The van der Waals surface area contributed by atoms with E-state index in [1.165, 1.54) is 11.1 Å². The molecule has 0 aliphatic rings. The third-order valence-electron chi connectivity index (χ3n) is 5.16. The van der Waals surface area contributed by atoms with E-state index in [0.717, 1.165) is 35.0 Å². The third-order valence-corrected chi connectivity index (χ3v) is 6.21. The predicted molar refractivity (Wildman–Crippen MR) is 128 cm³/mol. The Morgan fingerprint density at radius 2 is 1.70 bits per heavy atom. The maximum absolute atomic E-state index is 13.1. The zero-order valence-corrected chi connectivity index (χ0v) is 19.7. The van der Waals surface area contributed by atoms with Crippen LogP contribution in [0.5, 0.6) is 5.75 Å². The molecule has 1 heterocycles. The molecule has 2 aromatic carbocycles. The Morgan fingerprint density at radius 1 is 1.03 bits per heavy atom. The lowest BCUT2D eigenvalue weighted by atomic mass is 10.1. The number of benzene rings is 2. The molecule has 0 fully saturated rings. The van der Waals surface area contributed by atoms with Gasteiger partial charge in [-0.05, 0) is 62.3 Å². The zero-order valence-electron chi connectivity index (χ0n) is 18.1. The molecule has 0 bridgehead atoms. The lowest BCUT2D eigenvalue weighted by Gasteiger charge is -2.24. The second kappa shape index (κ2) is 11.3. The van der Waals surface area contributed by atoms with Gasteiger partial charge in [0.15, 0.2) is 11.7 Å². The van der Waals surface area contributed by atoms with Crippen LogP contribution in [0.3, 0.4) is 0 Å². The molecule has 30 heavy (non-hydrogen) atoms. The number of para-hydroxylation sites is 1. The molecule has 5 nitrogen and oxygen atoms in total. The average Bonchev–Trinajstić information content (AvgIpc) is 3.12. The molecule has 0 aliphatic heterocycles. The van der Waals surface area contributed by atoms with Crippen LogP contribution in [0, 0.1) is 13.8 Å². The molecular formula is C23H30ClN3O2S. The standard InChI is InChI=1S/C23H29N3O2S.ClH/c1-5-25(6-2)12-13-26(22(27)16-28-19-10-8-7-9-11-19)23-24-20-14-17(3)18(4)15-21(20)29-23;/h7-11,14-15H,5-6,12-13,16H2,1-4H3;1H. The number of thiazole rings is 1. The van der Waals surface area contributed by atoms with Crippen LogP contribution in [0.1, 0.15) is 25.0 Å². The minimum atomic E-state index is -0.0755. The minimum absolute atomic E-state index is 0. The number of likely N-dealkylation sites (N-methyl/N-ethyl adjacent to an activating group) is 1. The SMILES string of the molecule is CCN(CC)CCN(C(=O)COc1ccccc1)c1nc2cc(C)c(C)cc2s1.Cl. The largest absolute Gasteiger partial charge is 0.484 e. The fraction of sp³-hybridized carbons (Fsp3) is 0.391. The highest BCUT2D eigenvalue weighted by molar-refractivity contribution is 7.22. The van der Waals surface area contributed by atoms with Crippen LogP contribution in [-0.2, 0) is 4.79 Å². The minimum Gasteiger partial charge on any atom is -0.484 e. The summed E-state index contributed by atoms with van der Waals surface area (Å²) in [6.45, 7) is 11.8. The maximum Gasteiger partial charge on any atom is 0.266 e. The molecule has 0 spiro atoms. The lowest BCUT2D eigenvalue weighted by molar-refractivity contribution is -0.120. The Morgan fingerprint density at radius 3 is 2.37 bits per heavy atom. The van der Waals surface area contributed by atoms with Gasteiger partial charge in [-0.3, -0.25) is 9.69 Å². The molecule has 0 unspecified atom stereocenters. The molecule has 1 amide bonds. The fourth-order valence-electron chi connectivity index (χ4n) is 3.13. The third kappa shape index (κ3) is 5.94. The van der Waals surface area contributed by atoms with Crippen molar-refractivity contribution in [3.63, 3.8) is 0 Å². The molecule has 0 atom stereocenters. The van der Waals surface area contributed by atoms with Gasteiger partial charge >= 0.3 is 0 Å². The molecule has 162 valence electrons. The van der Waals surface area contributed by atoms with Crippen LogP contribution in [0.15, 0.2) is 42.5 Å². The van der Waals surface area contributed by atoms with Crippen LogP contribution in [0.25, 0.3) is 10.2 Å². The number of anilines is 1. The number of fused-ring (bicyclic) bond motifs is 1. The van der Waals surface area contributed by atoms with Crippen molar-refractivity contribution in [3.05, 3.63) is 53.6 Å². The number of ether oxygens (including phenoxy) is 1. The van der Waals surface area contributed by atoms with Gasteiger partial charge in [-0.15, -0.1) is 12.4 Å². The Bertz CT molecular complexity index is 919. The molecule has 0 saturated heterocycles. The van der Waals surface area contributed by atoms with E-state index in [9.17, 15) is 4.79 Å². The van der Waals surface area contributed by atoms with E-state index in [2.05, 4.69) is 44.7 Å². The number of hydrogen-bond donors (Lipinski definition) is 0. The second-order valence-electron chi connectivity index (χ2n) is 7.07. The second-order valence-corrected chi connectivity index (χ2v) is 8.08. The Balaban J connectivity index is 0.00000320. The molecular weight excluding hydrogens is 418 g/mol. The number of amides is 1. The van der Waals surface area contributed by atoms with E-state index in [1.54, 1.807) is 16.2 Å². The molecule has 3 rings (SSSR count). The smallest absolute Gasteiger partial charge is 0.266 e. The lowest BCUT2D eigenvalue weighted by Crippen LogP contribution is -2.41. The van der Waals surface area contributed by atoms with Gasteiger partial charge < -0.3 is 9.64 Å². The van der Waals surface area contributed by atoms with Gasteiger partial charge in [0.05, 0.1) is 10.2 Å². The summed E-state index contributed by atoms with van der Waals surface area (Å²) in [6.07, 6.45) is 0. The molecule has 0 saturated carbocycles. The van der Waals surface area contributed by atoms with Gasteiger partial charge in [0.25, 0.3) is 5.91 Å². The number of halogens is 1. The van der Waals surface area contributed by atoms with Crippen LogP contribution in [-0.4, -0.2) is 48.6 Å². The Kier molecular flexibility index (Phi) is 9.08. The summed E-state index contributed by atoms with van der Waals surface area (Å²) >= 11 is 1.57. The van der Waals surface area contributed by atoms with Gasteiger partial charge in [0, 0.05) is 13.1 Å². The summed E-state index contributed by atoms with van der Waals surface area (Å²) in [5, 5.41) is 0.735. The topological polar surface area (TPSA) is 45.7 Å². The summed E-state index contributed by atoms with van der Waals surface area (Å²) in [4.78, 5) is 21.9. The van der Waals surface area contributed by atoms with Crippen molar-refractivity contribution in [1.82, 2.24) is 9.88 Å². The average molecular weight is 448 g/mol. The van der Waals surface area contributed by atoms with Crippen molar-refractivity contribution in [2.45, 2.75) is 27.7 Å². The van der Waals surface area contributed by atoms with Gasteiger partial charge in [-0.1, -0.05) is 43.4 Å². The van der Waals surface area contributed by atoms with Crippen molar-refractivity contribution in [2.75, 3.05) is 37.7 Å². The van der Waals surface area contributed by atoms with Crippen molar-refractivity contribution in [3.8, 4) is 5.75 Å². The van der Waals surface area contributed by atoms with Gasteiger partial charge in [0.2, 0.25) is 0 Å². The van der Waals surface area contributed by atoms with Gasteiger partial charge in [-0.2, -0.15) is 0 Å². The monoisotopic (exact) mass is 447 g/mol. The van der Waals surface area contributed by atoms with Crippen molar-refractivity contribution >= 4 is 45.0 Å². The maximum atomic E-state index is 13.1. The summed E-state index contributed by atoms with van der Waals surface area (Å²) in [6, 6.07) is 13.7. The fourth-order valence-corrected chi connectivity index (χ4v) is 4.22. The van der Waals surface area contributed by atoms with E-state index in [4.69, 9.17) is 9.72 Å². The molecule has 3 aromatic rings. The molecule has 7 heteroatoms. The van der Waals surface area contributed by atoms with Crippen molar-refractivity contribution in [1.29, 1.82) is 0 Å². The van der Waals surface area contributed by atoms with E-state index < -0.39 is 0 Å². The van der Waals surface area contributed by atoms with Gasteiger partial charge in [-0.25, -0.2) is 4.98 Å². The quantitative estimate of drug-likeness (QED) is 0.458. The number of aromatic nitrogens is 1. The van der Waals surface area contributed by atoms with Crippen LogP contribution < -0.4 is 9.64 Å². The normalized spacial score (nSPS) is 10.8. The number of hydrogen-bond acceptors (Lipinski definition) is 5. The number of carbonyl (C=O) groups excluding carboxylic acids is 1. The highest BCUT2D eigenvalue weighted by atomic mass is 35.5. The van der Waals surface area contributed by atoms with E-state index in [1.807, 2.05) is 30.3 Å². The van der Waals surface area contributed by atoms with Crippen LogP contribution in [0.4, 0.5) is 5.13 Å². The molecule has 0 radical (unpaired) electrons. The zero-order chi connectivity index (χ0) is 20.8. The first kappa shape index (κ1) is 24.1. The molecule has 1 aromatic heterocycles. The first-order valence-corrected chi connectivity index (χ1v) is 10.9. The number of aryl methyl sites for hydroxylation is 2. The number of rotatable bonds is 9. The summed E-state index contributed by atoms with van der Waals surface area (Å²) in [5.74, 6) is 0.619. The predicted octanol–water partition coefficient (Wildman–Crippen LogP) is 5.09. The van der Waals surface area contributed by atoms with E-state index >= 15 is 0 Å². The summed E-state index contributed by atoms with van der Waals surface area (Å²) < 4.78 is 6.82. The number of nitrogens with zero attached hydrogens (tertiary/aromatic N) is 3. The van der Waals surface area contributed by atoms with Crippen LogP contribution in [0.2, 0.25) is 0 Å². The molecule has 0 N–H and O–H groups in total. The number of carbonyl (C=O) groups is 1. The highest BCUT2D eigenvalue weighted by Crippen LogP contribution is 2.31. The summed E-state index contributed by atoms with van der Waals surface area (Å²) in [7, 11) is 0. The first-order chi connectivity index (χ1) is 14.0. The van der Waals surface area contributed by atoms with Crippen molar-refractivity contribution in [2.24, 2.45) is 0 Å². The van der Waals surface area contributed by atoms with Crippen molar-refractivity contribution < 1.29 is 9.53 Å². The first-order valence-electron chi connectivity index (χ1n) is 10.1. The Hall–Kier alpha value is -2.15. The molecule has 0 aliphatic carbocycles. The van der Waals surface area contributed by atoms with Crippen LogP contribution >= 0.6 is 23.7 Å². The Labute approximate surface area is 189 Å². The van der Waals surface area contributed by atoms with Gasteiger partial charge in [0.1, 0.15) is 5.75 Å². The van der Waals surface area contributed by atoms with E-state index in [-0.39, 0.29) is 24.9 Å².